The number of carbonyl (C=O) groups is 1. The molecule has 2 aromatic rings. The van der Waals surface area contributed by atoms with Crippen LogP contribution in [0.1, 0.15) is 37.0 Å². The molecule has 0 bridgehead atoms. The number of aryl methyl sites for hydroxylation is 1. The Morgan fingerprint density at radius 3 is 2.62 bits per heavy atom. The standard InChI is InChI=1S/C25H35N5O2/c1-5-19(3)32-23-14-18(2)6-9-21(23)16-29-25(26-4)28-15-20-7-10-22(11-8-20)30-13-12-27-24(31)17-30/h6-11,14,19H,5,12-13,15-17H2,1-4H3,(H,27,31)(H2,26,28,29). The predicted octanol–water partition coefficient (Wildman–Crippen LogP) is 2.97. The van der Waals surface area contributed by atoms with Crippen LogP contribution in [0.4, 0.5) is 5.69 Å². The van der Waals surface area contributed by atoms with Gasteiger partial charge in [0, 0.05) is 44.5 Å². The molecule has 1 amide bonds. The Kier molecular flexibility index (Phi) is 8.36. The number of ether oxygens (including phenoxy) is 1. The van der Waals surface area contributed by atoms with Crippen molar-refractivity contribution in [2.75, 3.05) is 31.6 Å². The molecule has 1 aliphatic heterocycles. The fraction of sp³-hybridized carbons (Fsp3) is 0.440. The highest BCUT2D eigenvalue weighted by atomic mass is 16.5. The van der Waals surface area contributed by atoms with Crippen LogP contribution in [0.15, 0.2) is 47.5 Å². The van der Waals surface area contributed by atoms with Crippen LogP contribution in [0, 0.1) is 6.92 Å². The second-order valence-corrected chi connectivity index (χ2v) is 8.17. The molecule has 1 unspecified atom stereocenters. The number of hydrogen-bond acceptors (Lipinski definition) is 4. The van der Waals surface area contributed by atoms with Crippen LogP contribution < -0.4 is 25.6 Å². The molecule has 32 heavy (non-hydrogen) atoms. The Bertz CT molecular complexity index is 926. The van der Waals surface area contributed by atoms with Gasteiger partial charge in [-0.05, 0) is 49.6 Å². The number of nitrogens with one attached hydrogen (secondary N) is 3. The maximum absolute atomic E-state index is 11.6. The molecule has 0 aromatic heterocycles. The van der Waals surface area contributed by atoms with Crippen LogP contribution in [-0.2, 0) is 17.9 Å². The van der Waals surface area contributed by atoms with Gasteiger partial charge in [-0.15, -0.1) is 0 Å². The summed E-state index contributed by atoms with van der Waals surface area (Å²) in [5.74, 6) is 1.73. The van der Waals surface area contributed by atoms with E-state index in [2.05, 4.69) is 89.1 Å². The van der Waals surface area contributed by atoms with E-state index in [-0.39, 0.29) is 12.0 Å². The number of piperazine rings is 1. The molecular weight excluding hydrogens is 402 g/mol. The molecule has 172 valence electrons. The summed E-state index contributed by atoms with van der Waals surface area (Å²) in [4.78, 5) is 18.0. The van der Waals surface area contributed by atoms with Gasteiger partial charge in [0.2, 0.25) is 5.91 Å². The van der Waals surface area contributed by atoms with E-state index in [9.17, 15) is 4.79 Å². The molecule has 2 aromatic carbocycles. The highest BCUT2D eigenvalue weighted by molar-refractivity contribution is 5.82. The van der Waals surface area contributed by atoms with E-state index in [1.54, 1.807) is 7.05 Å². The highest BCUT2D eigenvalue weighted by Gasteiger charge is 2.16. The van der Waals surface area contributed by atoms with Gasteiger partial charge < -0.3 is 25.6 Å². The first kappa shape index (κ1) is 23.4. The molecule has 0 saturated carbocycles. The van der Waals surface area contributed by atoms with E-state index in [4.69, 9.17) is 4.74 Å². The third-order valence-electron chi connectivity index (χ3n) is 5.60. The lowest BCUT2D eigenvalue weighted by molar-refractivity contribution is -0.120. The lowest BCUT2D eigenvalue weighted by Gasteiger charge is -2.28. The second kappa shape index (κ2) is 11.4. The van der Waals surface area contributed by atoms with Gasteiger partial charge in [0.25, 0.3) is 0 Å². The Balaban J connectivity index is 1.54. The Hall–Kier alpha value is -3.22. The molecule has 0 radical (unpaired) electrons. The van der Waals surface area contributed by atoms with E-state index in [0.717, 1.165) is 41.5 Å². The molecule has 7 nitrogen and oxygen atoms in total. The zero-order valence-corrected chi connectivity index (χ0v) is 19.6. The number of anilines is 1. The lowest BCUT2D eigenvalue weighted by atomic mass is 10.1. The van der Waals surface area contributed by atoms with Gasteiger partial charge in [-0.2, -0.15) is 0 Å². The Morgan fingerprint density at radius 1 is 1.19 bits per heavy atom. The minimum absolute atomic E-state index is 0.0724. The van der Waals surface area contributed by atoms with Crippen LogP contribution in [0.25, 0.3) is 0 Å². The van der Waals surface area contributed by atoms with E-state index < -0.39 is 0 Å². The fourth-order valence-corrected chi connectivity index (χ4v) is 3.49. The maximum Gasteiger partial charge on any atom is 0.239 e. The maximum atomic E-state index is 11.6. The van der Waals surface area contributed by atoms with Crippen molar-refractivity contribution in [1.82, 2.24) is 16.0 Å². The third kappa shape index (κ3) is 6.64. The van der Waals surface area contributed by atoms with E-state index in [1.165, 1.54) is 5.56 Å². The molecule has 0 spiro atoms. The second-order valence-electron chi connectivity index (χ2n) is 8.17. The molecule has 3 rings (SSSR count). The largest absolute Gasteiger partial charge is 0.490 e. The summed E-state index contributed by atoms with van der Waals surface area (Å²) in [6.07, 6.45) is 1.14. The normalized spacial score (nSPS) is 15.2. The zero-order chi connectivity index (χ0) is 22.9. The lowest BCUT2D eigenvalue weighted by Crippen LogP contribution is -2.47. The predicted molar refractivity (Wildman–Crippen MR) is 130 cm³/mol. The van der Waals surface area contributed by atoms with Crippen molar-refractivity contribution in [2.45, 2.75) is 46.4 Å². The SMILES string of the molecule is CCC(C)Oc1cc(C)ccc1CNC(=NC)NCc1ccc(N2CCNC(=O)C2)cc1. The average Bonchev–Trinajstić information content (AvgIpc) is 2.80. The van der Waals surface area contributed by atoms with E-state index in [0.29, 0.717) is 26.2 Å². The number of benzene rings is 2. The first-order valence-corrected chi connectivity index (χ1v) is 11.3. The van der Waals surface area contributed by atoms with Gasteiger partial charge in [0.15, 0.2) is 5.96 Å². The topological polar surface area (TPSA) is 78.0 Å². The van der Waals surface area contributed by atoms with Crippen molar-refractivity contribution >= 4 is 17.6 Å². The molecule has 1 atom stereocenters. The summed E-state index contributed by atoms with van der Waals surface area (Å²) < 4.78 is 6.11. The Labute approximate surface area is 191 Å². The van der Waals surface area contributed by atoms with Crippen molar-refractivity contribution < 1.29 is 9.53 Å². The van der Waals surface area contributed by atoms with Crippen LogP contribution >= 0.6 is 0 Å². The van der Waals surface area contributed by atoms with Crippen molar-refractivity contribution in [1.29, 1.82) is 0 Å². The molecule has 1 fully saturated rings. The first-order valence-electron chi connectivity index (χ1n) is 11.3. The van der Waals surface area contributed by atoms with Crippen LogP contribution in [0.3, 0.4) is 0 Å². The summed E-state index contributed by atoms with van der Waals surface area (Å²) in [5.41, 5.74) is 4.51. The Morgan fingerprint density at radius 2 is 1.94 bits per heavy atom. The fourth-order valence-electron chi connectivity index (χ4n) is 3.49. The molecule has 1 aliphatic rings. The summed E-state index contributed by atoms with van der Waals surface area (Å²) >= 11 is 0. The van der Waals surface area contributed by atoms with Gasteiger partial charge in [-0.25, -0.2) is 0 Å². The van der Waals surface area contributed by atoms with Crippen molar-refractivity contribution in [3.8, 4) is 5.75 Å². The molecule has 1 heterocycles. The smallest absolute Gasteiger partial charge is 0.239 e. The molecule has 1 saturated heterocycles. The molecule has 7 heteroatoms. The van der Waals surface area contributed by atoms with Gasteiger partial charge in [-0.1, -0.05) is 31.2 Å². The number of aliphatic imine (C=N–C) groups is 1. The minimum Gasteiger partial charge on any atom is -0.490 e. The highest BCUT2D eigenvalue weighted by Crippen LogP contribution is 2.22. The summed E-state index contributed by atoms with van der Waals surface area (Å²) in [5, 5.41) is 9.60. The van der Waals surface area contributed by atoms with Crippen molar-refractivity contribution in [2.24, 2.45) is 4.99 Å². The summed E-state index contributed by atoms with van der Waals surface area (Å²) in [6, 6.07) is 14.6. The van der Waals surface area contributed by atoms with Gasteiger partial charge in [0.05, 0.1) is 12.6 Å². The van der Waals surface area contributed by atoms with Gasteiger partial charge in [-0.3, -0.25) is 9.79 Å². The first-order chi connectivity index (χ1) is 15.5. The van der Waals surface area contributed by atoms with Crippen LogP contribution in [-0.4, -0.2) is 44.7 Å². The van der Waals surface area contributed by atoms with Gasteiger partial charge in [0.1, 0.15) is 5.75 Å². The average molecular weight is 438 g/mol. The van der Waals surface area contributed by atoms with Crippen molar-refractivity contribution in [3.05, 3.63) is 59.2 Å². The summed E-state index contributed by atoms with van der Waals surface area (Å²) in [7, 11) is 1.77. The molecule has 0 aliphatic carbocycles. The van der Waals surface area contributed by atoms with Crippen LogP contribution in [0.5, 0.6) is 5.75 Å². The number of nitrogens with zero attached hydrogens (tertiary/aromatic N) is 2. The van der Waals surface area contributed by atoms with Crippen molar-refractivity contribution in [3.63, 3.8) is 0 Å². The minimum atomic E-state index is 0.0724. The summed E-state index contributed by atoms with van der Waals surface area (Å²) in [6.45, 7) is 9.51. The monoisotopic (exact) mass is 437 g/mol. The van der Waals surface area contributed by atoms with Crippen LogP contribution in [0.2, 0.25) is 0 Å². The van der Waals surface area contributed by atoms with E-state index in [1.807, 2.05) is 0 Å². The molecular formula is C25H35N5O2. The zero-order valence-electron chi connectivity index (χ0n) is 19.6. The molecule has 3 N–H and O–H groups in total. The van der Waals surface area contributed by atoms with Gasteiger partial charge >= 0.3 is 0 Å². The van der Waals surface area contributed by atoms with E-state index >= 15 is 0 Å². The number of guanidine groups is 1. The number of hydrogen-bond donors (Lipinski definition) is 3. The number of carbonyl (C=O) groups excluding carboxylic acids is 1. The number of rotatable bonds is 8. The third-order valence-corrected chi connectivity index (χ3v) is 5.60. The number of amides is 1. The quantitative estimate of drug-likeness (QED) is 0.437.